The first-order valence-electron chi connectivity index (χ1n) is 9.36. The van der Waals surface area contributed by atoms with E-state index in [2.05, 4.69) is 29.5 Å². The van der Waals surface area contributed by atoms with Gasteiger partial charge in [-0.2, -0.15) is 5.26 Å². The first-order valence-corrected chi connectivity index (χ1v) is 9.36. The van der Waals surface area contributed by atoms with Crippen LogP contribution in [0.1, 0.15) is 70.4 Å². The van der Waals surface area contributed by atoms with Crippen molar-refractivity contribution in [2.75, 3.05) is 6.54 Å². The molecule has 1 atom stereocenters. The Hall–Kier alpha value is -1.97. The van der Waals surface area contributed by atoms with E-state index in [0.29, 0.717) is 29.9 Å². The number of hydrogen-bond donors (Lipinski definition) is 3. The van der Waals surface area contributed by atoms with E-state index in [1.165, 1.54) is 0 Å². The van der Waals surface area contributed by atoms with Crippen LogP contribution < -0.4 is 10.6 Å². The molecule has 1 aliphatic carbocycles. The van der Waals surface area contributed by atoms with Crippen LogP contribution in [0.4, 0.5) is 0 Å². The molecule has 1 aliphatic rings. The van der Waals surface area contributed by atoms with Gasteiger partial charge in [-0.05, 0) is 64.0 Å². The van der Waals surface area contributed by atoms with Gasteiger partial charge < -0.3 is 15.7 Å². The maximum Gasteiger partial charge on any atom is 0.217 e. The molecule has 0 spiro atoms. The first kappa shape index (κ1) is 20.3. The van der Waals surface area contributed by atoms with Crippen LogP contribution in [0.15, 0.2) is 18.2 Å². The van der Waals surface area contributed by atoms with Crippen LogP contribution in [-0.2, 0) is 4.79 Å². The Kier molecular flexibility index (Phi) is 7.13. The Labute approximate surface area is 156 Å². The number of amides is 1. The number of aliphatic hydroxyl groups excluding tert-OH is 1. The lowest BCUT2D eigenvalue weighted by atomic mass is 9.79. The second-order valence-electron chi connectivity index (χ2n) is 7.96. The third-order valence-electron chi connectivity index (χ3n) is 5.05. The molecule has 1 heterocycles. The fraction of sp³-hybridized carbons (Fsp3) is 0.650. The highest BCUT2D eigenvalue weighted by molar-refractivity contribution is 5.73. The molecular weight excluding hydrogens is 328 g/mol. The van der Waals surface area contributed by atoms with Crippen molar-refractivity contribution in [3.63, 3.8) is 0 Å². The second kappa shape index (κ2) is 9.11. The summed E-state index contributed by atoms with van der Waals surface area (Å²) in [5, 5.41) is 25.7. The molecule has 0 aromatic carbocycles. The number of nitrogens with zero attached hydrogens (tertiary/aromatic N) is 2. The monoisotopic (exact) mass is 358 g/mol. The number of β-amino-alcohol motifs (C(OH)–C–C–N with tert-alkyl or cyclic N) is 1. The Morgan fingerprint density at radius 3 is 2.69 bits per heavy atom. The molecule has 0 unspecified atom stereocenters. The molecule has 6 heteroatoms. The lowest BCUT2D eigenvalue weighted by Crippen LogP contribution is -2.44. The highest BCUT2D eigenvalue weighted by Gasteiger charge is 2.28. The number of hydrogen-bond acceptors (Lipinski definition) is 5. The van der Waals surface area contributed by atoms with Gasteiger partial charge in [0.1, 0.15) is 17.9 Å². The van der Waals surface area contributed by atoms with Crippen LogP contribution in [0.2, 0.25) is 0 Å². The number of pyridine rings is 1. The van der Waals surface area contributed by atoms with Crippen molar-refractivity contribution in [2.45, 2.75) is 70.6 Å². The standard InChI is InChI=1S/C20H30N4O2/c1-14(25)23-16-9-7-15(8-10-16)11-20(2,3)22-13-19(26)18-6-4-5-17(12-21)24-18/h4-6,15-16,19,22,26H,7-11,13H2,1-3H3,(H,23,25)/t15?,16?,19-/m1/s1. The SMILES string of the molecule is CC(=O)NC1CCC(CC(C)(C)NC[C@@H](O)c2cccc(C#N)n2)CC1. The van der Waals surface area contributed by atoms with Crippen molar-refractivity contribution in [1.82, 2.24) is 15.6 Å². The number of aromatic nitrogens is 1. The van der Waals surface area contributed by atoms with E-state index in [1.807, 2.05) is 6.07 Å². The van der Waals surface area contributed by atoms with Crippen LogP contribution in [0.5, 0.6) is 0 Å². The topological polar surface area (TPSA) is 98.0 Å². The van der Waals surface area contributed by atoms with Gasteiger partial charge in [-0.1, -0.05) is 6.07 Å². The van der Waals surface area contributed by atoms with Gasteiger partial charge in [0.25, 0.3) is 0 Å². The van der Waals surface area contributed by atoms with Crippen molar-refractivity contribution in [3.8, 4) is 6.07 Å². The minimum Gasteiger partial charge on any atom is -0.385 e. The molecule has 2 rings (SSSR count). The smallest absolute Gasteiger partial charge is 0.217 e. The summed E-state index contributed by atoms with van der Waals surface area (Å²) < 4.78 is 0. The Balaban J connectivity index is 1.79. The van der Waals surface area contributed by atoms with Gasteiger partial charge in [0, 0.05) is 25.0 Å². The Morgan fingerprint density at radius 1 is 1.38 bits per heavy atom. The summed E-state index contributed by atoms with van der Waals surface area (Å²) in [6.07, 6.45) is 4.59. The summed E-state index contributed by atoms with van der Waals surface area (Å²) in [5.41, 5.74) is 0.735. The van der Waals surface area contributed by atoms with E-state index in [0.717, 1.165) is 32.1 Å². The average molecular weight is 358 g/mol. The first-order chi connectivity index (χ1) is 12.3. The molecule has 1 aromatic heterocycles. The van der Waals surface area contributed by atoms with E-state index in [9.17, 15) is 9.90 Å². The van der Waals surface area contributed by atoms with Gasteiger partial charge in [0.05, 0.1) is 5.69 Å². The molecule has 1 amide bonds. The van der Waals surface area contributed by atoms with Crippen LogP contribution in [-0.4, -0.2) is 34.1 Å². The molecule has 0 saturated heterocycles. The minimum atomic E-state index is -0.738. The zero-order chi connectivity index (χ0) is 19.2. The fourth-order valence-corrected chi connectivity index (χ4v) is 3.77. The molecule has 26 heavy (non-hydrogen) atoms. The summed E-state index contributed by atoms with van der Waals surface area (Å²) in [7, 11) is 0. The zero-order valence-electron chi connectivity index (χ0n) is 16.0. The predicted octanol–water partition coefficient (Wildman–Crippen LogP) is 2.44. The number of aliphatic hydroxyl groups is 1. The molecule has 1 saturated carbocycles. The van der Waals surface area contributed by atoms with Crippen molar-refractivity contribution in [1.29, 1.82) is 5.26 Å². The molecule has 1 fully saturated rings. The Bertz CT molecular complexity index is 645. The molecular formula is C20H30N4O2. The van der Waals surface area contributed by atoms with Crippen molar-refractivity contribution >= 4 is 5.91 Å². The number of carbonyl (C=O) groups is 1. The third-order valence-corrected chi connectivity index (χ3v) is 5.05. The highest BCUT2D eigenvalue weighted by atomic mass is 16.3. The average Bonchev–Trinajstić information content (AvgIpc) is 2.61. The molecule has 3 N–H and O–H groups in total. The quantitative estimate of drug-likeness (QED) is 0.695. The van der Waals surface area contributed by atoms with Crippen molar-refractivity contribution in [3.05, 3.63) is 29.6 Å². The maximum atomic E-state index is 11.2. The van der Waals surface area contributed by atoms with Crippen LogP contribution >= 0.6 is 0 Å². The summed E-state index contributed by atoms with van der Waals surface area (Å²) in [4.78, 5) is 15.3. The van der Waals surface area contributed by atoms with Crippen LogP contribution in [0, 0.1) is 17.2 Å². The number of carbonyl (C=O) groups excluding carboxylic acids is 1. The number of nitriles is 1. The molecule has 0 aliphatic heterocycles. The van der Waals surface area contributed by atoms with Gasteiger partial charge in [-0.25, -0.2) is 4.98 Å². The van der Waals surface area contributed by atoms with Crippen molar-refractivity contribution in [2.24, 2.45) is 5.92 Å². The fourth-order valence-electron chi connectivity index (χ4n) is 3.77. The molecule has 0 radical (unpaired) electrons. The largest absolute Gasteiger partial charge is 0.385 e. The highest BCUT2D eigenvalue weighted by Crippen LogP contribution is 2.31. The molecule has 6 nitrogen and oxygen atoms in total. The van der Waals surface area contributed by atoms with Crippen LogP contribution in [0.3, 0.4) is 0 Å². The van der Waals surface area contributed by atoms with E-state index in [4.69, 9.17) is 5.26 Å². The second-order valence-corrected chi connectivity index (χ2v) is 7.96. The summed E-state index contributed by atoms with van der Waals surface area (Å²) in [6, 6.07) is 7.42. The lowest BCUT2D eigenvalue weighted by molar-refractivity contribution is -0.119. The number of rotatable bonds is 7. The Morgan fingerprint density at radius 2 is 2.08 bits per heavy atom. The van der Waals surface area contributed by atoms with Crippen molar-refractivity contribution < 1.29 is 9.90 Å². The van der Waals surface area contributed by atoms with Crippen LogP contribution in [0.25, 0.3) is 0 Å². The van der Waals surface area contributed by atoms with E-state index >= 15 is 0 Å². The summed E-state index contributed by atoms with van der Waals surface area (Å²) in [6.45, 7) is 6.28. The van der Waals surface area contributed by atoms with Gasteiger partial charge >= 0.3 is 0 Å². The third kappa shape index (κ3) is 6.40. The molecule has 0 bridgehead atoms. The van der Waals surface area contributed by atoms with Gasteiger partial charge in [0.2, 0.25) is 5.91 Å². The number of nitrogens with one attached hydrogen (secondary N) is 2. The molecule has 1 aromatic rings. The maximum absolute atomic E-state index is 11.2. The summed E-state index contributed by atoms with van der Waals surface area (Å²) in [5.74, 6) is 0.679. The van der Waals surface area contributed by atoms with Gasteiger partial charge in [0.15, 0.2) is 0 Å². The minimum absolute atomic E-state index is 0.0542. The predicted molar refractivity (Wildman–Crippen MR) is 100 cm³/mol. The van der Waals surface area contributed by atoms with Gasteiger partial charge in [-0.3, -0.25) is 4.79 Å². The van der Waals surface area contributed by atoms with E-state index in [-0.39, 0.29) is 11.4 Å². The zero-order valence-corrected chi connectivity index (χ0v) is 16.0. The normalized spacial score (nSPS) is 21.7. The molecule has 142 valence electrons. The lowest BCUT2D eigenvalue weighted by Gasteiger charge is -2.35. The summed E-state index contributed by atoms with van der Waals surface area (Å²) >= 11 is 0. The van der Waals surface area contributed by atoms with E-state index in [1.54, 1.807) is 25.1 Å². The van der Waals surface area contributed by atoms with Gasteiger partial charge in [-0.15, -0.1) is 0 Å². The van der Waals surface area contributed by atoms with E-state index < -0.39 is 6.10 Å².